The Morgan fingerprint density at radius 3 is 2.65 bits per heavy atom. The van der Waals surface area contributed by atoms with Crippen LogP contribution in [0.2, 0.25) is 0 Å². The van der Waals surface area contributed by atoms with Crippen LogP contribution in [0, 0.1) is 0 Å². The maximum Gasteiger partial charge on any atom is 0.279 e. The zero-order valence-corrected chi connectivity index (χ0v) is 10.4. The van der Waals surface area contributed by atoms with Crippen molar-refractivity contribution < 1.29 is 14.7 Å². The minimum atomic E-state index is -0.350. The molecule has 2 aliphatic rings. The van der Waals surface area contributed by atoms with E-state index in [1.807, 2.05) is 0 Å². The van der Waals surface area contributed by atoms with Gasteiger partial charge in [-0.25, -0.2) is 0 Å². The summed E-state index contributed by atoms with van der Waals surface area (Å²) < 4.78 is 0. The first kappa shape index (κ1) is 12.7. The third kappa shape index (κ3) is 3.11. The van der Waals surface area contributed by atoms with Crippen LogP contribution in [-0.2, 0) is 4.79 Å². The summed E-state index contributed by atoms with van der Waals surface area (Å²) in [4.78, 5) is 27.0. The molecule has 2 saturated heterocycles. The van der Waals surface area contributed by atoms with Crippen LogP contribution in [0.5, 0.6) is 0 Å². The second kappa shape index (κ2) is 5.70. The number of piperazine rings is 1. The number of hydrogen-bond donors (Lipinski definition) is 2. The number of β-amino-alcohol motifs (C(OH)–C–C–N with tert-alkyl or cyclic N) is 1. The van der Waals surface area contributed by atoms with Crippen molar-refractivity contribution in [1.82, 2.24) is 15.1 Å². The number of rotatable bonds is 3. The summed E-state index contributed by atoms with van der Waals surface area (Å²) in [7, 11) is 0. The van der Waals surface area contributed by atoms with E-state index in [1.165, 1.54) is 11.8 Å². The monoisotopic (exact) mass is 259 g/mol. The molecular weight excluding hydrogens is 242 g/mol. The molecule has 6 nitrogen and oxygen atoms in total. The summed E-state index contributed by atoms with van der Waals surface area (Å²) >= 11 is 1.17. The van der Waals surface area contributed by atoms with Crippen LogP contribution in [0.1, 0.15) is 0 Å². The van der Waals surface area contributed by atoms with Gasteiger partial charge in [0.15, 0.2) is 0 Å². The molecule has 0 aromatic rings. The van der Waals surface area contributed by atoms with Gasteiger partial charge < -0.3 is 15.3 Å². The van der Waals surface area contributed by atoms with Crippen molar-refractivity contribution in [2.75, 3.05) is 45.1 Å². The highest BCUT2D eigenvalue weighted by Gasteiger charge is 2.32. The summed E-state index contributed by atoms with van der Waals surface area (Å²) in [5, 5.41) is 11.4. The number of amides is 2. The van der Waals surface area contributed by atoms with Crippen molar-refractivity contribution >= 4 is 22.9 Å². The standard InChI is InChI=1S/C10H17N3O3S/c14-6-5-12-1-3-13(4-2-12)9(15)8-7-17-10(16)11-8/h8,14H,1-7H2,(H,11,16). The van der Waals surface area contributed by atoms with Gasteiger partial charge in [-0.3, -0.25) is 14.5 Å². The van der Waals surface area contributed by atoms with Crippen LogP contribution >= 0.6 is 11.8 Å². The Balaban J connectivity index is 1.80. The number of hydrogen-bond acceptors (Lipinski definition) is 5. The normalized spacial score (nSPS) is 26.1. The third-order valence-corrected chi connectivity index (χ3v) is 3.95. The van der Waals surface area contributed by atoms with Gasteiger partial charge in [0.25, 0.3) is 5.24 Å². The lowest BCUT2D eigenvalue weighted by molar-refractivity contribution is -0.134. The van der Waals surface area contributed by atoms with Crippen LogP contribution in [0.4, 0.5) is 4.79 Å². The summed E-state index contributed by atoms with van der Waals surface area (Å²) in [5.74, 6) is 0.557. The lowest BCUT2D eigenvalue weighted by atomic mass is 10.2. The van der Waals surface area contributed by atoms with E-state index in [-0.39, 0.29) is 23.8 Å². The molecule has 1 unspecified atom stereocenters. The molecule has 2 aliphatic heterocycles. The lowest BCUT2D eigenvalue weighted by Crippen LogP contribution is -2.54. The SMILES string of the molecule is O=C1NC(C(=O)N2CCN(CCO)CC2)CS1. The molecule has 0 aromatic heterocycles. The van der Waals surface area contributed by atoms with E-state index in [0.29, 0.717) is 25.4 Å². The second-order valence-electron chi connectivity index (χ2n) is 4.19. The molecule has 2 N–H and O–H groups in total. The lowest BCUT2D eigenvalue weighted by Gasteiger charge is -2.35. The van der Waals surface area contributed by atoms with E-state index in [4.69, 9.17) is 5.11 Å². The molecule has 0 radical (unpaired) electrons. The van der Waals surface area contributed by atoms with E-state index in [9.17, 15) is 9.59 Å². The molecule has 7 heteroatoms. The maximum atomic E-state index is 12.0. The molecule has 17 heavy (non-hydrogen) atoms. The van der Waals surface area contributed by atoms with Gasteiger partial charge in [-0.1, -0.05) is 11.8 Å². The zero-order chi connectivity index (χ0) is 12.3. The zero-order valence-electron chi connectivity index (χ0n) is 9.59. The van der Waals surface area contributed by atoms with Crippen molar-refractivity contribution in [3.05, 3.63) is 0 Å². The van der Waals surface area contributed by atoms with Gasteiger partial charge in [0.05, 0.1) is 6.61 Å². The van der Waals surface area contributed by atoms with Crippen molar-refractivity contribution in [2.24, 2.45) is 0 Å². The number of carbonyl (C=O) groups is 2. The number of carbonyl (C=O) groups excluding carboxylic acids is 2. The number of nitrogens with one attached hydrogen (secondary N) is 1. The van der Waals surface area contributed by atoms with Gasteiger partial charge in [-0.2, -0.15) is 0 Å². The largest absolute Gasteiger partial charge is 0.395 e. The number of thioether (sulfide) groups is 1. The Hall–Kier alpha value is -0.790. The average Bonchev–Trinajstić information content (AvgIpc) is 2.76. The molecule has 2 rings (SSSR count). The highest BCUT2D eigenvalue weighted by Crippen LogP contribution is 2.15. The van der Waals surface area contributed by atoms with Crippen LogP contribution < -0.4 is 5.32 Å². The summed E-state index contributed by atoms with van der Waals surface area (Å²) in [6.45, 7) is 3.76. The fourth-order valence-corrected chi connectivity index (χ4v) is 2.84. The summed E-state index contributed by atoms with van der Waals surface area (Å²) in [6.07, 6.45) is 0. The molecule has 0 bridgehead atoms. The van der Waals surface area contributed by atoms with Gasteiger partial charge in [-0.05, 0) is 0 Å². The van der Waals surface area contributed by atoms with Crippen LogP contribution in [0.15, 0.2) is 0 Å². The van der Waals surface area contributed by atoms with Crippen molar-refractivity contribution in [1.29, 1.82) is 0 Å². The van der Waals surface area contributed by atoms with E-state index in [1.54, 1.807) is 4.90 Å². The van der Waals surface area contributed by atoms with Gasteiger partial charge >= 0.3 is 0 Å². The molecule has 2 heterocycles. The molecule has 0 aliphatic carbocycles. The topological polar surface area (TPSA) is 72.9 Å². The number of aliphatic hydroxyl groups is 1. The Bertz CT molecular complexity index is 305. The van der Waals surface area contributed by atoms with Crippen LogP contribution in [-0.4, -0.2) is 77.2 Å². The minimum absolute atomic E-state index is 0.0204. The van der Waals surface area contributed by atoms with E-state index < -0.39 is 0 Å². The molecule has 96 valence electrons. The quantitative estimate of drug-likeness (QED) is 0.676. The number of aliphatic hydroxyl groups excluding tert-OH is 1. The fraction of sp³-hybridized carbons (Fsp3) is 0.800. The van der Waals surface area contributed by atoms with Crippen molar-refractivity contribution in [3.8, 4) is 0 Å². The number of nitrogens with zero attached hydrogens (tertiary/aromatic N) is 2. The summed E-state index contributed by atoms with van der Waals surface area (Å²) in [6, 6.07) is -0.350. The predicted molar refractivity (Wildman–Crippen MR) is 64.9 cm³/mol. The average molecular weight is 259 g/mol. The first-order valence-electron chi connectivity index (χ1n) is 5.76. The van der Waals surface area contributed by atoms with Gasteiger partial charge in [0, 0.05) is 38.5 Å². The second-order valence-corrected chi connectivity index (χ2v) is 5.18. The summed E-state index contributed by atoms with van der Waals surface area (Å²) in [5.41, 5.74) is 0. The molecule has 0 aromatic carbocycles. The smallest absolute Gasteiger partial charge is 0.279 e. The molecule has 2 fully saturated rings. The third-order valence-electron chi connectivity index (χ3n) is 3.07. The Morgan fingerprint density at radius 1 is 1.41 bits per heavy atom. The molecule has 1 atom stereocenters. The van der Waals surface area contributed by atoms with E-state index in [2.05, 4.69) is 10.2 Å². The molecular formula is C10H17N3O3S. The first-order valence-corrected chi connectivity index (χ1v) is 6.74. The molecule has 0 spiro atoms. The highest BCUT2D eigenvalue weighted by atomic mass is 32.2. The predicted octanol–water partition coefficient (Wildman–Crippen LogP) is -1.05. The Morgan fingerprint density at radius 2 is 2.12 bits per heavy atom. The van der Waals surface area contributed by atoms with Crippen LogP contribution in [0.25, 0.3) is 0 Å². The molecule has 2 amide bonds. The fourth-order valence-electron chi connectivity index (χ4n) is 2.07. The van der Waals surface area contributed by atoms with Crippen molar-refractivity contribution in [3.63, 3.8) is 0 Å². The Labute approximate surface area is 104 Å². The minimum Gasteiger partial charge on any atom is -0.395 e. The van der Waals surface area contributed by atoms with Crippen molar-refractivity contribution in [2.45, 2.75) is 6.04 Å². The van der Waals surface area contributed by atoms with Crippen LogP contribution in [0.3, 0.4) is 0 Å². The van der Waals surface area contributed by atoms with Gasteiger partial charge in [0.2, 0.25) is 5.91 Å². The molecule has 0 saturated carbocycles. The highest BCUT2D eigenvalue weighted by molar-refractivity contribution is 8.14. The maximum absolute atomic E-state index is 12.0. The Kier molecular flexibility index (Phi) is 4.25. The van der Waals surface area contributed by atoms with E-state index >= 15 is 0 Å². The first-order chi connectivity index (χ1) is 8.20. The van der Waals surface area contributed by atoms with E-state index in [0.717, 1.165) is 13.1 Å². The van der Waals surface area contributed by atoms with Gasteiger partial charge in [-0.15, -0.1) is 0 Å². The van der Waals surface area contributed by atoms with Gasteiger partial charge in [0.1, 0.15) is 6.04 Å².